The van der Waals surface area contributed by atoms with E-state index in [4.69, 9.17) is 0 Å². The molecular formula is C22H18ClN5. The first-order chi connectivity index (χ1) is 13.4. The zero-order valence-corrected chi connectivity index (χ0v) is 15.8. The minimum absolute atomic E-state index is 0. The maximum atomic E-state index is 4.52. The summed E-state index contributed by atoms with van der Waals surface area (Å²) in [6.45, 7) is 0.789. The van der Waals surface area contributed by atoms with Crippen LogP contribution in [0.3, 0.4) is 0 Å². The molecule has 0 unspecified atom stereocenters. The molecule has 0 amide bonds. The van der Waals surface area contributed by atoms with Crippen LogP contribution in [0.15, 0.2) is 85.5 Å². The number of imidazole rings is 1. The van der Waals surface area contributed by atoms with Crippen molar-refractivity contribution in [1.82, 2.24) is 19.5 Å². The van der Waals surface area contributed by atoms with Gasteiger partial charge in [-0.2, -0.15) is 0 Å². The van der Waals surface area contributed by atoms with Crippen molar-refractivity contribution in [2.75, 3.05) is 5.32 Å². The maximum Gasteiger partial charge on any atom is 0.141 e. The Balaban J connectivity index is 0.00000192. The van der Waals surface area contributed by atoms with Crippen molar-refractivity contribution in [3.05, 3.63) is 91.0 Å². The molecule has 0 saturated carbocycles. The highest BCUT2D eigenvalue weighted by Gasteiger charge is 2.07. The van der Waals surface area contributed by atoms with Crippen molar-refractivity contribution >= 4 is 45.8 Å². The van der Waals surface area contributed by atoms with E-state index in [1.54, 1.807) is 6.33 Å². The van der Waals surface area contributed by atoms with Gasteiger partial charge < -0.3 is 9.88 Å². The lowest BCUT2D eigenvalue weighted by Crippen LogP contribution is -1.99. The van der Waals surface area contributed by atoms with Crippen LogP contribution in [-0.2, 0) is 6.54 Å². The molecule has 0 aliphatic rings. The number of aromatic nitrogens is 4. The van der Waals surface area contributed by atoms with E-state index in [1.165, 1.54) is 5.56 Å². The van der Waals surface area contributed by atoms with Gasteiger partial charge in [0.1, 0.15) is 12.1 Å². The topological polar surface area (TPSA) is 55.6 Å². The third-order valence-corrected chi connectivity index (χ3v) is 4.62. The summed E-state index contributed by atoms with van der Waals surface area (Å²) < 4.78 is 2.16. The Hall–Kier alpha value is -3.44. The van der Waals surface area contributed by atoms with E-state index in [0.29, 0.717) is 0 Å². The number of nitrogens with one attached hydrogen (secondary N) is 1. The lowest BCUT2D eigenvalue weighted by atomic mass is 10.2. The van der Waals surface area contributed by atoms with Gasteiger partial charge in [0.25, 0.3) is 0 Å². The molecule has 0 fully saturated rings. The van der Waals surface area contributed by atoms with Crippen molar-refractivity contribution < 1.29 is 0 Å². The molecule has 0 saturated heterocycles. The molecule has 5 rings (SSSR count). The number of hydrogen-bond donors (Lipinski definition) is 1. The van der Waals surface area contributed by atoms with Gasteiger partial charge in [0, 0.05) is 17.6 Å². The summed E-state index contributed by atoms with van der Waals surface area (Å²) in [7, 11) is 0. The van der Waals surface area contributed by atoms with E-state index in [1.807, 2.05) is 48.8 Å². The fourth-order valence-electron chi connectivity index (χ4n) is 3.28. The SMILES string of the molecule is Cl.c1ccc(Cn2cnc3ccc(Nc4ncnc5ccccc45)cc32)cc1. The summed E-state index contributed by atoms with van der Waals surface area (Å²) in [5, 5.41) is 4.43. The average Bonchev–Trinajstić information content (AvgIpc) is 3.11. The zero-order chi connectivity index (χ0) is 18.1. The van der Waals surface area contributed by atoms with Gasteiger partial charge >= 0.3 is 0 Å². The fraction of sp³-hybridized carbons (Fsp3) is 0.0455. The highest BCUT2D eigenvalue weighted by atomic mass is 35.5. The molecule has 0 aliphatic carbocycles. The van der Waals surface area contributed by atoms with Gasteiger partial charge in [0.05, 0.1) is 22.9 Å². The second-order valence-corrected chi connectivity index (χ2v) is 6.43. The quantitative estimate of drug-likeness (QED) is 0.461. The first-order valence-electron chi connectivity index (χ1n) is 8.82. The molecule has 0 atom stereocenters. The van der Waals surface area contributed by atoms with Gasteiger partial charge in [-0.1, -0.05) is 42.5 Å². The molecule has 0 bridgehead atoms. The second-order valence-electron chi connectivity index (χ2n) is 6.43. The van der Waals surface area contributed by atoms with Crippen LogP contribution in [0.25, 0.3) is 21.9 Å². The number of benzene rings is 3. The molecule has 0 radical (unpaired) electrons. The Labute approximate surface area is 168 Å². The van der Waals surface area contributed by atoms with Crippen LogP contribution >= 0.6 is 12.4 Å². The predicted octanol–water partition coefficient (Wildman–Crippen LogP) is 5.19. The van der Waals surface area contributed by atoms with Crippen molar-refractivity contribution in [3.63, 3.8) is 0 Å². The lowest BCUT2D eigenvalue weighted by Gasteiger charge is -2.09. The van der Waals surface area contributed by atoms with Gasteiger partial charge in [-0.05, 0) is 35.9 Å². The largest absolute Gasteiger partial charge is 0.340 e. The van der Waals surface area contributed by atoms with Crippen LogP contribution in [-0.4, -0.2) is 19.5 Å². The monoisotopic (exact) mass is 387 g/mol. The van der Waals surface area contributed by atoms with Gasteiger partial charge in [-0.15, -0.1) is 12.4 Å². The molecule has 6 heteroatoms. The minimum atomic E-state index is 0. The minimum Gasteiger partial charge on any atom is -0.340 e. The number of fused-ring (bicyclic) bond motifs is 2. The number of halogens is 1. The molecule has 2 aromatic heterocycles. The molecule has 5 nitrogen and oxygen atoms in total. The van der Waals surface area contributed by atoms with Gasteiger partial charge in [0.2, 0.25) is 0 Å². The molecule has 138 valence electrons. The summed E-state index contributed by atoms with van der Waals surface area (Å²) in [6.07, 6.45) is 3.48. The van der Waals surface area contributed by atoms with Crippen LogP contribution in [0.4, 0.5) is 11.5 Å². The normalized spacial score (nSPS) is 10.7. The van der Waals surface area contributed by atoms with Crippen molar-refractivity contribution in [1.29, 1.82) is 0 Å². The molecular weight excluding hydrogens is 370 g/mol. The number of hydrogen-bond acceptors (Lipinski definition) is 4. The standard InChI is InChI=1S/C22H17N5.ClH/c1-2-6-16(7-3-1)13-27-15-25-20-11-10-17(12-21(20)27)26-22-18-8-4-5-9-19(18)23-14-24-22;/h1-12,14-15H,13H2,(H,23,24,26);1H. The van der Waals surface area contributed by atoms with Crippen molar-refractivity contribution in [3.8, 4) is 0 Å². The van der Waals surface area contributed by atoms with Crippen molar-refractivity contribution in [2.45, 2.75) is 6.54 Å². The summed E-state index contributed by atoms with van der Waals surface area (Å²) in [4.78, 5) is 13.3. The van der Waals surface area contributed by atoms with Crippen LogP contribution < -0.4 is 5.32 Å². The number of rotatable bonds is 4. The lowest BCUT2D eigenvalue weighted by molar-refractivity contribution is 0.824. The fourth-order valence-corrected chi connectivity index (χ4v) is 3.28. The smallest absolute Gasteiger partial charge is 0.141 e. The highest BCUT2D eigenvalue weighted by molar-refractivity contribution is 5.91. The second kappa shape index (κ2) is 7.66. The molecule has 3 aromatic carbocycles. The highest BCUT2D eigenvalue weighted by Crippen LogP contribution is 2.25. The van der Waals surface area contributed by atoms with E-state index in [0.717, 1.165) is 40.0 Å². The van der Waals surface area contributed by atoms with Crippen molar-refractivity contribution in [2.24, 2.45) is 0 Å². The van der Waals surface area contributed by atoms with Crippen LogP contribution in [0, 0.1) is 0 Å². The Morgan fingerprint density at radius 3 is 2.50 bits per heavy atom. The Morgan fingerprint density at radius 1 is 0.786 bits per heavy atom. The predicted molar refractivity (Wildman–Crippen MR) is 115 cm³/mol. The molecule has 2 heterocycles. The number of nitrogens with zero attached hydrogens (tertiary/aromatic N) is 4. The maximum absolute atomic E-state index is 4.52. The van der Waals surface area contributed by atoms with E-state index in [2.05, 4.69) is 55.2 Å². The van der Waals surface area contributed by atoms with Crippen LogP contribution in [0.5, 0.6) is 0 Å². The van der Waals surface area contributed by atoms with E-state index < -0.39 is 0 Å². The third kappa shape index (κ3) is 3.40. The van der Waals surface area contributed by atoms with Gasteiger partial charge in [0.15, 0.2) is 0 Å². The Bertz CT molecular complexity index is 1230. The molecule has 1 N–H and O–H groups in total. The van der Waals surface area contributed by atoms with Crippen LogP contribution in [0.2, 0.25) is 0 Å². The Kier molecular flexibility index (Phi) is 4.91. The van der Waals surface area contributed by atoms with Gasteiger partial charge in [-0.3, -0.25) is 0 Å². The molecule has 0 aliphatic heterocycles. The third-order valence-electron chi connectivity index (χ3n) is 4.62. The summed E-state index contributed by atoms with van der Waals surface area (Å²) >= 11 is 0. The summed E-state index contributed by atoms with van der Waals surface area (Å²) in [6, 6.07) is 24.6. The van der Waals surface area contributed by atoms with Gasteiger partial charge in [-0.25, -0.2) is 15.0 Å². The average molecular weight is 388 g/mol. The van der Waals surface area contributed by atoms with E-state index in [9.17, 15) is 0 Å². The first-order valence-corrected chi connectivity index (χ1v) is 8.82. The summed E-state index contributed by atoms with van der Waals surface area (Å²) in [5.74, 6) is 0.800. The molecule has 5 aromatic rings. The first kappa shape index (κ1) is 17.9. The molecule has 28 heavy (non-hydrogen) atoms. The number of para-hydroxylation sites is 1. The number of anilines is 2. The van der Waals surface area contributed by atoms with E-state index in [-0.39, 0.29) is 12.4 Å². The van der Waals surface area contributed by atoms with E-state index >= 15 is 0 Å². The summed E-state index contributed by atoms with van der Waals surface area (Å²) in [5.41, 5.74) is 5.20. The molecule has 0 spiro atoms. The zero-order valence-electron chi connectivity index (χ0n) is 15.0. The van der Waals surface area contributed by atoms with Crippen LogP contribution in [0.1, 0.15) is 5.56 Å². The Morgan fingerprint density at radius 2 is 1.61 bits per heavy atom.